The molecule has 1 atom stereocenters. The van der Waals surface area contributed by atoms with Gasteiger partial charge >= 0.3 is 6.03 Å². The van der Waals surface area contributed by atoms with Crippen molar-refractivity contribution in [3.05, 3.63) is 46.5 Å². The summed E-state index contributed by atoms with van der Waals surface area (Å²) in [7, 11) is 0. The number of nitrogens with zero attached hydrogens (tertiary/aromatic N) is 3. The van der Waals surface area contributed by atoms with Crippen molar-refractivity contribution < 1.29 is 9.72 Å². The van der Waals surface area contributed by atoms with E-state index in [1.54, 1.807) is 12.1 Å². The molecule has 0 spiro atoms. The van der Waals surface area contributed by atoms with Crippen LogP contribution >= 0.6 is 0 Å². The third-order valence-electron chi connectivity index (χ3n) is 4.89. The number of carbonyl (C=O) groups excluding carboxylic acids is 1. The lowest BCUT2D eigenvalue weighted by molar-refractivity contribution is -0.384. The number of nitro groups is 1. The third kappa shape index (κ3) is 4.49. The van der Waals surface area contributed by atoms with E-state index < -0.39 is 0 Å². The maximum absolute atomic E-state index is 12.3. The highest BCUT2D eigenvalue weighted by molar-refractivity contribution is 5.74. The minimum Gasteiger partial charge on any atom is -0.368 e. The summed E-state index contributed by atoms with van der Waals surface area (Å²) in [5.41, 5.74) is 0.933. The zero-order valence-electron chi connectivity index (χ0n) is 14.3. The van der Waals surface area contributed by atoms with E-state index in [9.17, 15) is 14.9 Å². The molecule has 3 rings (SSSR count). The summed E-state index contributed by atoms with van der Waals surface area (Å²) in [6.45, 7) is 3.34. The number of hydrogen-bond acceptors (Lipinski definition) is 4. The van der Waals surface area contributed by atoms with Crippen LogP contribution in [-0.2, 0) is 0 Å². The van der Waals surface area contributed by atoms with Gasteiger partial charge in [-0.05, 0) is 31.2 Å². The fourth-order valence-electron chi connectivity index (χ4n) is 3.36. The number of hydrogen-bond donors (Lipinski definition) is 1. The molecule has 1 aromatic carbocycles. The lowest BCUT2D eigenvalue weighted by Gasteiger charge is -2.36. The van der Waals surface area contributed by atoms with Crippen molar-refractivity contribution >= 4 is 17.4 Å². The average Bonchev–Trinajstić information content (AvgIpc) is 2.67. The number of non-ortho nitro benzene ring substituents is 1. The molecule has 7 heteroatoms. The second-order valence-corrected chi connectivity index (χ2v) is 6.59. The van der Waals surface area contributed by atoms with Crippen molar-refractivity contribution in [2.75, 3.05) is 37.6 Å². The number of anilines is 1. The van der Waals surface area contributed by atoms with E-state index >= 15 is 0 Å². The Morgan fingerprint density at radius 1 is 1.24 bits per heavy atom. The van der Waals surface area contributed by atoms with Crippen LogP contribution in [-0.4, -0.2) is 48.6 Å². The van der Waals surface area contributed by atoms with Crippen molar-refractivity contribution in [3.8, 4) is 0 Å². The van der Waals surface area contributed by atoms with Gasteiger partial charge < -0.3 is 15.1 Å². The van der Waals surface area contributed by atoms with E-state index in [1.165, 1.54) is 6.07 Å². The highest BCUT2D eigenvalue weighted by Crippen LogP contribution is 2.22. The van der Waals surface area contributed by atoms with Gasteiger partial charge in [0.05, 0.1) is 4.92 Å². The van der Waals surface area contributed by atoms with Crippen LogP contribution in [0.4, 0.5) is 16.2 Å². The number of urea groups is 1. The van der Waals surface area contributed by atoms with Crippen molar-refractivity contribution in [2.45, 2.75) is 19.3 Å². The zero-order chi connectivity index (χ0) is 17.6. The molecule has 1 aliphatic heterocycles. The van der Waals surface area contributed by atoms with Gasteiger partial charge in [-0.3, -0.25) is 10.1 Å². The lowest BCUT2D eigenvalue weighted by Crippen LogP contribution is -2.52. The van der Waals surface area contributed by atoms with Gasteiger partial charge in [0.1, 0.15) is 0 Å². The first-order chi connectivity index (χ1) is 12.1. The molecule has 1 heterocycles. The number of amides is 2. The van der Waals surface area contributed by atoms with Crippen molar-refractivity contribution in [1.82, 2.24) is 10.2 Å². The highest BCUT2D eigenvalue weighted by Gasteiger charge is 2.22. The van der Waals surface area contributed by atoms with Crippen LogP contribution in [0.2, 0.25) is 0 Å². The van der Waals surface area contributed by atoms with Crippen molar-refractivity contribution in [2.24, 2.45) is 5.92 Å². The average molecular weight is 344 g/mol. The van der Waals surface area contributed by atoms with Crippen LogP contribution in [0.1, 0.15) is 19.3 Å². The van der Waals surface area contributed by atoms with E-state index in [0.29, 0.717) is 32.1 Å². The van der Waals surface area contributed by atoms with Gasteiger partial charge in [0.15, 0.2) is 0 Å². The Labute approximate surface area is 147 Å². The summed E-state index contributed by atoms with van der Waals surface area (Å²) >= 11 is 0. The van der Waals surface area contributed by atoms with Crippen LogP contribution in [0.15, 0.2) is 36.4 Å². The van der Waals surface area contributed by atoms with Gasteiger partial charge in [-0.25, -0.2) is 4.79 Å². The first-order valence-corrected chi connectivity index (χ1v) is 8.80. The van der Waals surface area contributed by atoms with E-state index in [0.717, 1.165) is 31.5 Å². The summed E-state index contributed by atoms with van der Waals surface area (Å²) in [5.74, 6) is 0.542. The number of allylic oxidation sites excluding steroid dienone is 2. The molecule has 0 saturated carbocycles. The minimum absolute atomic E-state index is 0.00625. The Morgan fingerprint density at radius 3 is 2.72 bits per heavy atom. The Kier molecular flexibility index (Phi) is 5.53. The molecule has 1 N–H and O–H groups in total. The van der Waals surface area contributed by atoms with E-state index in [2.05, 4.69) is 22.4 Å². The summed E-state index contributed by atoms with van der Waals surface area (Å²) in [6, 6.07) is 6.65. The molecule has 0 aromatic heterocycles. The zero-order valence-corrected chi connectivity index (χ0v) is 14.3. The number of nitro benzene ring substituents is 1. The minimum atomic E-state index is -0.381. The van der Waals surface area contributed by atoms with Crippen LogP contribution < -0.4 is 10.2 Å². The van der Waals surface area contributed by atoms with Gasteiger partial charge in [-0.1, -0.05) is 18.2 Å². The quantitative estimate of drug-likeness (QED) is 0.517. The fourth-order valence-corrected chi connectivity index (χ4v) is 3.36. The molecule has 1 aliphatic carbocycles. The first kappa shape index (κ1) is 17.3. The topological polar surface area (TPSA) is 78.7 Å². The molecular formula is C18H24N4O3. The number of nitrogens with one attached hydrogen (secondary N) is 1. The molecule has 0 bridgehead atoms. The molecule has 2 amide bonds. The molecule has 2 aliphatic rings. The number of benzene rings is 1. The lowest BCUT2D eigenvalue weighted by atomic mass is 9.94. The molecule has 25 heavy (non-hydrogen) atoms. The molecule has 1 saturated heterocycles. The van der Waals surface area contributed by atoms with Crippen LogP contribution in [0, 0.1) is 16.0 Å². The van der Waals surface area contributed by atoms with E-state index in [4.69, 9.17) is 0 Å². The Morgan fingerprint density at radius 2 is 2.04 bits per heavy atom. The van der Waals surface area contributed by atoms with Gasteiger partial charge in [-0.15, -0.1) is 0 Å². The predicted molar refractivity (Wildman–Crippen MR) is 96.8 cm³/mol. The summed E-state index contributed by atoms with van der Waals surface area (Å²) < 4.78 is 0. The monoisotopic (exact) mass is 344 g/mol. The maximum Gasteiger partial charge on any atom is 0.317 e. The van der Waals surface area contributed by atoms with Crippen molar-refractivity contribution in [3.63, 3.8) is 0 Å². The summed E-state index contributed by atoms with van der Waals surface area (Å²) in [5, 5.41) is 13.9. The van der Waals surface area contributed by atoms with E-state index in [-0.39, 0.29) is 16.6 Å². The molecular weight excluding hydrogens is 320 g/mol. The third-order valence-corrected chi connectivity index (χ3v) is 4.89. The van der Waals surface area contributed by atoms with Gasteiger partial charge in [0.25, 0.3) is 5.69 Å². The molecule has 1 unspecified atom stereocenters. The Bertz CT molecular complexity index is 653. The molecule has 0 radical (unpaired) electrons. The summed E-state index contributed by atoms with van der Waals surface area (Å²) in [4.78, 5) is 26.7. The fraction of sp³-hybridized carbons (Fsp3) is 0.500. The number of piperazine rings is 1. The maximum atomic E-state index is 12.3. The van der Waals surface area contributed by atoms with Crippen LogP contribution in [0.25, 0.3) is 0 Å². The number of rotatable bonds is 4. The first-order valence-electron chi connectivity index (χ1n) is 8.80. The summed E-state index contributed by atoms with van der Waals surface area (Å²) in [6.07, 6.45) is 7.67. The molecule has 1 aromatic rings. The second-order valence-electron chi connectivity index (χ2n) is 6.59. The van der Waals surface area contributed by atoms with E-state index in [1.807, 2.05) is 11.0 Å². The molecule has 7 nitrogen and oxygen atoms in total. The highest BCUT2D eigenvalue weighted by atomic mass is 16.6. The van der Waals surface area contributed by atoms with Gasteiger partial charge in [-0.2, -0.15) is 0 Å². The SMILES string of the molecule is O=C(NCC1CC=CCC1)N1CCN(c2cccc([N+](=O)[O-])c2)CC1. The van der Waals surface area contributed by atoms with Crippen molar-refractivity contribution in [1.29, 1.82) is 0 Å². The van der Waals surface area contributed by atoms with Gasteiger partial charge in [0, 0.05) is 50.5 Å². The smallest absolute Gasteiger partial charge is 0.317 e. The largest absolute Gasteiger partial charge is 0.368 e. The Balaban J connectivity index is 1.48. The van der Waals surface area contributed by atoms with Crippen LogP contribution in [0.5, 0.6) is 0 Å². The standard InChI is InChI=1S/C18H24N4O3/c23-18(19-14-15-5-2-1-3-6-15)21-11-9-20(10-12-21)16-7-4-8-17(13-16)22(24)25/h1-2,4,7-8,13,15H,3,5-6,9-12,14H2,(H,19,23). The second kappa shape index (κ2) is 8.00. The normalized spacial score (nSPS) is 20.4. The predicted octanol–water partition coefficient (Wildman–Crippen LogP) is 2.78. The van der Waals surface area contributed by atoms with Crippen LogP contribution in [0.3, 0.4) is 0 Å². The number of carbonyl (C=O) groups is 1. The Hall–Kier alpha value is -2.57. The van der Waals surface area contributed by atoms with Gasteiger partial charge in [0.2, 0.25) is 0 Å². The molecule has 134 valence electrons. The molecule has 1 fully saturated rings.